The molecule has 1 amide bonds. The number of amides is 1. The van der Waals surface area contributed by atoms with Crippen molar-refractivity contribution in [2.75, 3.05) is 6.61 Å². The van der Waals surface area contributed by atoms with Gasteiger partial charge in [-0.2, -0.15) is 0 Å². The van der Waals surface area contributed by atoms with E-state index in [1.165, 1.54) is 0 Å². The minimum Gasteiger partial charge on any atom is -0.464 e. The molecule has 0 aliphatic carbocycles. The van der Waals surface area contributed by atoms with Crippen molar-refractivity contribution in [1.29, 1.82) is 5.41 Å². The van der Waals surface area contributed by atoms with Gasteiger partial charge >= 0.3 is 5.97 Å². The first-order chi connectivity index (χ1) is 17.8. The van der Waals surface area contributed by atoms with Gasteiger partial charge in [-0.15, -0.1) is 0 Å². The van der Waals surface area contributed by atoms with E-state index < -0.39 is 11.5 Å². The van der Waals surface area contributed by atoms with Gasteiger partial charge in [0.25, 0.3) is 5.91 Å². The molecule has 4 aromatic carbocycles. The van der Waals surface area contributed by atoms with E-state index in [1.54, 1.807) is 31.2 Å². The van der Waals surface area contributed by atoms with Crippen LogP contribution in [0.15, 0.2) is 91.0 Å². The Bertz CT molecular complexity index is 1430. The molecule has 0 bridgehead atoms. The van der Waals surface area contributed by atoms with Crippen LogP contribution in [0.1, 0.15) is 39.5 Å². The fraction of sp³-hybridized carbons (Fsp3) is 0.167. The van der Waals surface area contributed by atoms with Crippen LogP contribution in [0.25, 0.3) is 10.8 Å². The second kappa shape index (κ2) is 11.1. The summed E-state index contributed by atoms with van der Waals surface area (Å²) in [7, 11) is 0. The van der Waals surface area contributed by atoms with Gasteiger partial charge in [0.1, 0.15) is 11.4 Å². The SMILES string of the molecule is CCOC(=O)C(N)(Cc1ccccc1)c1ccc2c(C(=O)NCc3ccc(C(=N)N)cc3)cccc2c1. The summed E-state index contributed by atoms with van der Waals surface area (Å²) in [6, 6.07) is 27.7. The highest BCUT2D eigenvalue weighted by Crippen LogP contribution is 2.29. The minimum atomic E-state index is -1.38. The number of amidine groups is 1. The van der Waals surface area contributed by atoms with Crippen molar-refractivity contribution in [3.63, 3.8) is 0 Å². The number of benzene rings is 4. The van der Waals surface area contributed by atoms with Gasteiger partial charge in [0.15, 0.2) is 0 Å². The Morgan fingerprint density at radius 2 is 1.65 bits per heavy atom. The van der Waals surface area contributed by atoms with Crippen LogP contribution in [0.3, 0.4) is 0 Å². The second-order valence-electron chi connectivity index (χ2n) is 8.89. The number of hydrogen-bond donors (Lipinski definition) is 4. The Hall–Kier alpha value is -4.49. The van der Waals surface area contributed by atoms with Crippen molar-refractivity contribution in [1.82, 2.24) is 5.32 Å². The zero-order valence-corrected chi connectivity index (χ0v) is 20.7. The lowest BCUT2D eigenvalue weighted by atomic mass is 9.83. The number of fused-ring (bicyclic) bond motifs is 1. The van der Waals surface area contributed by atoms with Crippen molar-refractivity contribution >= 4 is 28.5 Å². The summed E-state index contributed by atoms with van der Waals surface area (Å²) in [6.07, 6.45) is 0.279. The Labute approximate surface area is 215 Å². The zero-order chi connectivity index (χ0) is 26.4. The Morgan fingerprint density at radius 3 is 2.32 bits per heavy atom. The summed E-state index contributed by atoms with van der Waals surface area (Å²) in [5.41, 5.74) is 14.4. The number of esters is 1. The monoisotopic (exact) mass is 494 g/mol. The Morgan fingerprint density at radius 1 is 0.919 bits per heavy atom. The van der Waals surface area contributed by atoms with E-state index in [2.05, 4.69) is 5.32 Å². The van der Waals surface area contributed by atoms with Crippen LogP contribution in [0, 0.1) is 5.41 Å². The van der Waals surface area contributed by atoms with Crippen molar-refractivity contribution in [2.24, 2.45) is 11.5 Å². The van der Waals surface area contributed by atoms with Gasteiger partial charge in [0, 0.05) is 24.1 Å². The van der Waals surface area contributed by atoms with Crippen LogP contribution in [0.4, 0.5) is 0 Å². The molecule has 0 saturated carbocycles. The van der Waals surface area contributed by atoms with Gasteiger partial charge in [-0.05, 0) is 46.5 Å². The maximum Gasteiger partial charge on any atom is 0.331 e. The third kappa shape index (κ3) is 5.68. The van der Waals surface area contributed by atoms with Gasteiger partial charge in [-0.25, -0.2) is 4.79 Å². The number of carbonyl (C=O) groups is 2. The second-order valence-corrected chi connectivity index (χ2v) is 8.89. The summed E-state index contributed by atoms with van der Waals surface area (Å²) in [5, 5.41) is 12.0. The first kappa shape index (κ1) is 25.6. The van der Waals surface area contributed by atoms with Gasteiger partial charge < -0.3 is 21.5 Å². The number of nitrogen functional groups attached to an aromatic ring is 1. The van der Waals surface area contributed by atoms with E-state index in [4.69, 9.17) is 21.6 Å². The van der Waals surface area contributed by atoms with E-state index in [9.17, 15) is 9.59 Å². The van der Waals surface area contributed by atoms with E-state index in [-0.39, 0.29) is 24.8 Å². The smallest absolute Gasteiger partial charge is 0.331 e. The summed E-state index contributed by atoms with van der Waals surface area (Å²) in [5.74, 6) is -0.718. The summed E-state index contributed by atoms with van der Waals surface area (Å²) in [6.45, 7) is 2.31. The van der Waals surface area contributed by atoms with Crippen molar-refractivity contribution < 1.29 is 14.3 Å². The molecular weight excluding hydrogens is 464 g/mol. The molecule has 0 radical (unpaired) electrons. The molecule has 7 heteroatoms. The average Bonchev–Trinajstić information content (AvgIpc) is 2.91. The number of carbonyl (C=O) groups excluding carboxylic acids is 2. The van der Waals surface area contributed by atoms with Crippen molar-refractivity contribution in [3.05, 3.63) is 119 Å². The number of ether oxygens (including phenoxy) is 1. The van der Waals surface area contributed by atoms with Crippen LogP contribution in [-0.4, -0.2) is 24.3 Å². The predicted octanol–water partition coefficient (Wildman–Crippen LogP) is 4.01. The third-order valence-electron chi connectivity index (χ3n) is 6.32. The molecule has 7 nitrogen and oxygen atoms in total. The molecule has 0 aromatic heterocycles. The molecule has 6 N–H and O–H groups in total. The molecule has 0 spiro atoms. The summed E-state index contributed by atoms with van der Waals surface area (Å²) >= 11 is 0. The molecule has 0 saturated heterocycles. The molecule has 0 heterocycles. The summed E-state index contributed by atoms with van der Waals surface area (Å²) < 4.78 is 5.36. The highest BCUT2D eigenvalue weighted by molar-refractivity contribution is 6.07. The van der Waals surface area contributed by atoms with Crippen LogP contribution in [0.2, 0.25) is 0 Å². The molecule has 0 fully saturated rings. The predicted molar refractivity (Wildman–Crippen MR) is 145 cm³/mol. The quantitative estimate of drug-likeness (QED) is 0.159. The molecule has 0 aliphatic heterocycles. The lowest BCUT2D eigenvalue weighted by Gasteiger charge is -2.28. The van der Waals surface area contributed by atoms with E-state index >= 15 is 0 Å². The number of rotatable bonds is 9. The zero-order valence-electron chi connectivity index (χ0n) is 20.7. The third-order valence-corrected chi connectivity index (χ3v) is 6.32. The normalized spacial score (nSPS) is 12.5. The topological polar surface area (TPSA) is 131 Å². The van der Waals surface area contributed by atoms with Crippen LogP contribution in [-0.2, 0) is 28.0 Å². The standard InChI is InChI=1S/C30H30N4O3/c1-2-37-29(36)30(33,18-20-7-4-3-5-8-20)24-15-16-25-23(17-24)9-6-10-26(25)28(35)34-19-21-11-13-22(14-12-21)27(31)32/h3-17H,2,18-19,33H2,1H3,(H3,31,32)(H,34,35). The number of hydrogen-bond acceptors (Lipinski definition) is 5. The fourth-order valence-electron chi connectivity index (χ4n) is 4.31. The number of nitrogens with two attached hydrogens (primary N) is 2. The molecule has 37 heavy (non-hydrogen) atoms. The van der Waals surface area contributed by atoms with Crippen molar-refractivity contribution in [2.45, 2.75) is 25.4 Å². The molecule has 0 aliphatic rings. The fourth-order valence-corrected chi connectivity index (χ4v) is 4.31. The van der Waals surface area contributed by atoms with Gasteiger partial charge in [-0.3, -0.25) is 10.2 Å². The van der Waals surface area contributed by atoms with Crippen LogP contribution in [0.5, 0.6) is 0 Å². The van der Waals surface area contributed by atoms with Gasteiger partial charge in [0.2, 0.25) is 0 Å². The average molecular weight is 495 g/mol. The Kier molecular flexibility index (Phi) is 7.65. The van der Waals surface area contributed by atoms with Crippen LogP contribution < -0.4 is 16.8 Å². The van der Waals surface area contributed by atoms with E-state index in [0.717, 1.165) is 21.9 Å². The Balaban J connectivity index is 1.61. The number of nitrogens with one attached hydrogen (secondary N) is 2. The molecule has 1 unspecified atom stereocenters. The minimum absolute atomic E-state index is 0.000987. The molecule has 188 valence electrons. The first-order valence-electron chi connectivity index (χ1n) is 12.1. The molecular formula is C30H30N4O3. The van der Waals surface area contributed by atoms with Crippen molar-refractivity contribution in [3.8, 4) is 0 Å². The maximum absolute atomic E-state index is 13.1. The highest BCUT2D eigenvalue weighted by atomic mass is 16.5. The van der Waals surface area contributed by atoms with E-state index in [0.29, 0.717) is 23.2 Å². The highest BCUT2D eigenvalue weighted by Gasteiger charge is 2.38. The lowest BCUT2D eigenvalue weighted by molar-refractivity contribution is -0.150. The molecule has 4 aromatic rings. The molecule has 1 atom stereocenters. The largest absolute Gasteiger partial charge is 0.464 e. The van der Waals surface area contributed by atoms with E-state index in [1.807, 2.05) is 66.7 Å². The summed E-state index contributed by atoms with van der Waals surface area (Å²) in [4.78, 5) is 26.1. The lowest BCUT2D eigenvalue weighted by Crippen LogP contribution is -2.48. The first-order valence-corrected chi connectivity index (χ1v) is 12.1. The maximum atomic E-state index is 13.1. The van der Waals surface area contributed by atoms with Gasteiger partial charge in [-0.1, -0.05) is 78.9 Å². The molecule has 4 rings (SSSR count). The van der Waals surface area contributed by atoms with Gasteiger partial charge in [0.05, 0.1) is 6.61 Å². The van der Waals surface area contributed by atoms with Crippen LogP contribution >= 0.6 is 0 Å².